The first kappa shape index (κ1) is 21.2. The van der Waals surface area contributed by atoms with E-state index in [0.717, 1.165) is 42.5 Å². The van der Waals surface area contributed by atoms with E-state index >= 15 is 0 Å². The lowest BCUT2D eigenvalue weighted by Gasteiger charge is -2.31. The number of nitrogens with zero attached hydrogens (tertiary/aromatic N) is 3. The smallest absolute Gasteiger partial charge is 0.228 e. The Morgan fingerprint density at radius 2 is 1.81 bits per heavy atom. The summed E-state index contributed by atoms with van der Waals surface area (Å²) in [7, 11) is 1.72. The zero-order valence-corrected chi connectivity index (χ0v) is 17.4. The van der Waals surface area contributed by atoms with E-state index in [9.17, 15) is 18.4 Å². The highest BCUT2D eigenvalue weighted by Crippen LogP contribution is 2.29. The molecule has 0 radical (unpaired) electrons. The summed E-state index contributed by atoms with van der Waals surface area (Å²) in [4.78, 5) is 30.7. The van der Waals surface area contributed by atoms with Crippen molar-refractivity contribution in [2.45, 2.75) is 13.0 Å². The SMILES string of the molecule is CN(Cc1ccccc1N1CCOCC1)C(=O)C1CC(=O)N(c2cc(F)cc(F)c2)C1. The van der Waals surface area contributed by atoms with Gasteiger partial charge in [-0.1, -0.05) is 18.2 Å². The maximum absolute atomic E-state index is 13.6. The highest BCUT2D eigenvalue weighted by Gasteiger charge is 2.37. The average molecular weight is 429 g/mol. The third-order valence-corrected chi connectivity index (χ3v) is 5.76. The summed E-state index contributed by atoms with van der Waals surface area (Å²) >= 11 is 0. The predicted molar refractivity (Wildman–Crippen MR) is 113 cm³/mol. The van der Waals surface area contributed by atoms with Crippen LogP contribution in [0.1, 0.15) is 12.0 Å². The molecule has 0 aromatic heterocycles. The summed E-state index contributed by atoms with van der Waals surface area (Å²) in [5, 5.41) is 0. The topological polar surface area (TPSA) is 53.1 Å². The number of hydrogen-bond acceptors (Lipinski definition) is 4. The van der Waals surface area contributed by atoms with Gasteiger partial charge in [-0.15, -0.1) is 0 Å². The maximum atomic E-state index is 13.6. The minimum absolute atomic E-state index is 0.0203. The van der Waals surface area contributed by atoms with Crippen LogP contribution in [0.3, 0.4) is 0 Å². The van der Waals surface area contributed by atoms with Gasteiger partial charge in [0.05, 0.1) is 19.1 Å². The Hall–Kier alpha value is -3.00. The van der Waals surface area contributed by atoms with Crippen LogP contribution >= 0.6 is 0 Å². The summed E-state index contributed by atoms with van der Waals surface area (Å²) in [6.45, 7) is 3.45. The molecule has 2 aliphatic heterocycles. The third-order valence-electron chi connectivity index (χ3n) is 5.76. The first-order chi connectivity index (χ1) is 14.9. The minimum atomic E-state index is -0.755. The van der Waals surface area contributed by atoms with Gasteiger partial charge >= 0.3 is 0 Å². The van der Waals surface area contributed by atoms with Crippen LogP contribution in [0.25, 0.3) is 0 Å². The molecule has 0 bridgehead atoms. The van der Waals surface area contributed by atoms with Crippen LogP contribution in [-0.4, -0.2) is 56.6 Å². The predicted octanol–water partition coefficient (Wildman–Crippen LogP) is 2.81. The second kappa shape index (κ2) is 9.01. The number of rotatable bonds is 5. The molecule has 2 aromatic carbocycles. The van der Waals surface area contributed by atoms with Crippen LogP contribution < -0.4 is 9.80 Å². The maximum Gasteiger partial charge on any atom is 0.228 e. The van der Waals surface area contributed by atoms with E-state index < -0.39 is 17.6 Å². The number of hydrogen-bond donors (Lipinski definition) is 0. The number of para-hydroxylation sites is 1. The number of amides is 2. The minimum Gasteiger partial charge on any atom is -0.378 e. The van der Waals surface area contributed by atoms with Crippen molar-refractivity contribution in [3.63, 3.8) is 0 Å². The van der Waals surface area contributed by atoms with Crippen molar-refractivity contribution in [2.75, 3.05) is 49.7 Å². The normalized spacial score (nSPS) is 19.1. The van der Waals surface area contributed by atoms with Crippen molar-refractivity contribution in [1.82, 2.24) is 4.90 Å². The van der Waals surface area contributed by atoms with Gasteiger partial charge in [0, 0.05) is 57.1 Å². The van der Waals surface area contributed by atoms with Crippen LogP contribution in [0.5, 0.6) is 0 Å². The Balaban J connectivity index is 1.45. The number of morpholine rings is 1. The molecule has 2 heterocycles. The largest absolute Gasteiger partial charge is 0.378 e. The van der Waals surface area contributed by atoms with Crippen molar-refractivity contribution in [3.8, 4) is 0 Å². The van der Waals surface area contributed by atoms with Crippen LogP contribution in [-0.2, 0) is 20.9 Å². The number of anilines is 2. The Kier molecular flexibility index (Phi) is 6.18. The molecule has 2 fully saturated rings. The zero-order valence-electron chi connectivity index (χ0n) is 17.4. The lowest BCUT2D eigenvalue weighted by Crippen LogP contribution is -2.38. The van der Waals surface area contributed by atoms with Gasteiger partial charge in [0.1, 0.15) is 11.6 Å². The number of benzene rings is 2. The van der Waals surface area contributed by atoms with Crippen molar-refractivity contribution >= 4 is 23.2 Å². The zero-order chi connectivity index (χ0) is 22.0. The van der Waals surface area contributed by atoms with Gasteiger partial charge in [-0.2, -0.15) is 0 Å². The fourth-order valence-corrected chi connectivity index (χ4v) is 4.22. The van der Waals surface area contributed by atoms with E-state index in [0.29, 0.717) is 19.8 Å². The molecule has 1 atom stereocenters. The Morgan fingerprint density at radius 1 is 1.13 bits per heavy atom. The van der Waals surface area contributed by atoms with Crippen LogP contribution in [0.2, 0.25) is 0 Å². The fourth-order valence-electron chi connectivity index (χ4n) is 4.22. The number of ether oxygens (including phenoxy) is 1. The van der Waals surface area contributed by atoms with Gasteiger partial charge in [0.25, 0.3) is 0 Å². The highest BCUT2D eigenvalue weighted by atomic mass is 19.1. The Labute approximate surface area is 180 Å². The average Bonchev–Trinajstić information content (AvgIpc) is 3.15. The van der Waals surface area contributed by atoms with Crippen molar-refractivity contribution in [2.24, 2.45) is 5.92 Å². The fraction of sp³-hybridized carbons (Fsp3) is 0.391. The van der Waals surface area contributed by atoms with Gasteiger partial charge in [-0.05, 0) is 23.8 Å². The first-order valence-corrected chi connectivity index (χ1v) is 10.3. The van der Waals surface area contributed by atoms with E-state index in [-0.39, 0.29) is 30.5 Å². The molecule has 1 unspecified atom stereocenters. The standard InChI is InChI=1S/C23H25F2N3O3/c1-26(14-16-4-2-3-5-21(16)27-6-8-31-9-7-27)23(30)17-10-22(29)28(15-17)20-12-18(24)11-19(25)13-20/h2-5,11-13,17H,6-10,14-15H2,1H3. The number of carbonyl (C=O) groups excluding carboxylic acids is 2. The van der Waals surface area contributed by atoms with E-state index in [4.69, 9.17) is 4.74 Å². The molecule has 164 valence electrons. The number of halogens is 2. The summed E-state index contributed by atoms with van der Waals surface area (Å²) in [5.41, 5.74) is 2.23. The molecule has 0 saturated carbocycles. The molecule has 0 spiro atoms. The second-order valence-electron chi connectivity index (χ2n) is 7.96. The molecule has 0 aliphatic carbocycles. The lowest BCUT2D eigenvalue weighted by molar-refractivity contribution is -0.135. The summed E-state index contributed by atoms with van der Waals surface area (Å²) in [6, 6.07) is 10.9. The molecule has 4 rings (SSSR count). The van der Waals surface area contributed by atoms with E-state index in [1.54, 1.807) is 11.9 Å². The summed E-state index contributed by atoms with van der Waals surface area (Å²) in [6.07, 6.45) is 0.0203. The summed E-state index contributed by atoms with van der Waals surface area (Å²) < 4.78 is 32.6. The van der Waals surface area contributed by atoms with E-state index in [1.165, 1.54) is 4.90 Å². The van der Waals surface area contributed by atoms with Crippen LogP contribution in [0.15, 0.2) is 42.5 Å². The van der Waals surface area contributed by atoms with Crippen molar-refractivity contribution in [1.29, 1.82) is 0 Å². The molecular weight excluding hydrogens is 404 g/mol. The summed E-state index contributed by atoms with van der Waals surface area (Å²) in [5.74, 6) is -2.54. The second-order valence-corrected chi connectivity index (χ2v) is 7.96. The molecule has 6 nitrogen and oxygen atoms in total. The molecule has 0 N–H and O–H groups in total. The molecular formula is C23H25F2N3O3. The van der Waals surface area contributed by atoms with E-state index in [2.05, 4.69) is 4.90 Å². The number of carbonyl (C=O) groups is 2. The molecule has 31 heavy (non-hydrogen) atoms. The Morgan fingerprint density at radius 3 is 2.52 bits per heavy atom. The van der Waals surface area contributed by atoms with Gasteiger partial charge in [0.2, 0.25) is 11.8 Å². The van der Waals surface area contributed by atoms with Gasteiger partial charge in [0.15, 0.2) is 0 Å². The molecule has 2 amide bonds. The van der Waals surface area contributed by atoms with Crippen molar-refractivity contribution < 1.29 is 23.1 Å². The molecule has 2 aliphatic rings. The Bertz CT molecular complexity index is 958. The van der Waals surface area contributed by atoms with E-state index in [1.807, 2.05) is 24.3 Å². The quantitative estimate of drug-likeness (QED) is 0.734. The van der Waals surface area contributed by atoms with Crippen LogP contribution in [0.4, 0.5) is 20.2 Å². The molecule has 8 heteroatoms. The molecule has 2 saturated heterocycles. The van der Waals surface area contributed by atoms with Crippen LogP contribution in [0, 0.1) is 17.6 Å². The van der Waals surface area contributed by atoms with Gasteiger partial charge in [-0.3, -0.25) is 9.59 Å². The van der Waals surface area contributed by atoms with Crippen molar-refractivity contribution in [3.05, 3.63) is 59.7 Å². The lowest BCUT2D eigenvalue weighted by atomic mass is 10.1. The monoisotopic (exact) mass is 429 g/mol. The van der Waals surface area contributed by atoms with Gasteiger partial charge in [-0.25, -0.2) is 8.78 Å². The molecule has 2 aromatic rings. The first-order valence-electron chi connectivity index (χ1n) is 10.3. The van der Waals surface area contributed by atoms with Gasteiger partial charge < -0.3 is 19.4 Å². The third kappa shape index (κ3) is 4.69. The highest BCUT2D eigenvalue weighted by molar-refractivity contribution is 6.00.